The van der Waals surface area contributed by atoms with Crippen LogP contribution in [0, 0.1) is 13.8 Å². The molecule has 1 aromatic carbocycles. The highest BCUT2D eigenvalue weighted by molar-refractivity contribution is 8.00. The highest BCUT2D eigenvalue weighted by atomic mass is 32.2. The summed E-state index contributed by atoms with van der Waals surface area (Å²) in [6.45, 7) is 6.42. The number of ketones is 1. The quantitative estimate of drug-likeness (QED) is 0.489. The first-order chi connectivity index (χ1) is 12.4. The number of aromatic nitrogens is 1. The average Bonchev–Trinajstić information content (AvgIpc) is 2.94. The van der Waals surface area contributed by atoms with Crippen molar-refractivity contribution in [2.75, 3.05) is 20.3 Å². The molecule has 2 aromatic rings. The van der Waals surface area contributed by atoms with Crippen molar-refractivity contribution in [3.8, 4) is 11.5 Å². The maximum absolute atomic E-state index is 12.9. The number of thioether (sulfide) groups is 1. The smallest absolute Gasteiger partial charge is 0.339 e. The van der Waals surface area contributed by atoms with Gasteiger partial charge in [-0.1, -0.05) is 0 Å². The fraction of sp³-hybridized carbons (Fsp3) is 0.368. The van der Waals surface area contributed by atoms with E-state index in [0.29, 0.717) is 41.5 Å². The van der Waals surface area contributed by atoms with E-state index in [-0.39, 0.29) is 11.0 Å². The van der Waals surface area contributed by atoms with Crippen LogP contribution in [0.1, 0.15) is 39.0 Å². The summed E-state index contributed by atoms with van der Waals surface area (Å²) in [5.41, 5.74) is 2.12. The fourth-order valence-corrected chi connectivity index (χ4v) is 3.92. The van der Waals surface area contributed by atoms with Crippen molar-refractivity contribution >= 4 is 23.5 Å². The summed E-state index contributed by atoms with van der Waals surface area (Å²) in [4.78, 5) is 28.7. The number of nitrogens with one attached hydrogen (secondary N) is 1. The molecule has 1 aliphatic rings. The van der Waals surface area contributed by atoms with E-state index in [1.165, 1.54) is 18.9 Å². The Labute approximate surface area is 156 Å². The number of carbonyl (C=O) groups is 2. The van der Waals surface area contributed by atoms with Crippen LogP contribution in [0.5, 0.6) is 11.5 Å². The molecule has 0 aliphatic carbocycles. The van der Waals surface area contributed by atoms with Gasteiger partial charge in [0.25, 0.3) is 0 Å². The molecule has 1 aliphatic heterocycles. The number of aromatic amines is 1. The number of hydrogen-bond acceptors (Lipinski definition) is 6. The van der Waals surface area contributed by atoms with Gasteiger partial charge in [-0.3, -0.25) is 4.79 Å². The molecule has 6 nitrogen and oxygen atoms in total. The minimum absolute atomic E-state index is 0.0688. The summed E-state index contributed by atoms with van der Waals surface area (Å²) in [5.74, 6) is 0.905. The Hall–Kier alpha value is -2.41. The number of H-pyrrole nitrogens is 1. The van der Waals surface area contributed by atoms with Crippen molar-refractivity contribution in [3.63, 3.8) is 0 Å². The van der Waals surface area contributed by atoms with Crippen LogP contribution in [0.15, 0.2) is 23.1 Å². The third-order valence-electron chi connectivity index (χ3n) is 4.27. The summed E-state index contributed by atoms with van der Waals surface area (Å²) in [5, 5.41) is -0.334. The number of esters is 1. The first-order valence-corrected chi connectivity index (χ1v) is 9.18. The zero-order valence-electron chi connectivity index (χ0n) is 15.2. The molecule has 1 N–H and O–H groups in total. The molecular weight excluding hydrogens is 354 g/mol. The van der Waals surface area contributed by atoms with Crippen molar-refractivity contribution in [2.45, 2.75) is 30.9 Å². The second-order valence-corrected chi connectivity index (χ2v) is 7.46. The summed E-state index contributed by atoms with van der Waals surface area (Å²) in [6.07, 6.45) is 0. The molecule has 138 valence electrons. The number of fused-ring (bicyclic) bond motifs is 1. The van der Waals surface area contributed by atoms with Gasteiger partial charge in [0.1, 0.15) is 13.2 Å². The molecule has 7 heteroatoms. The molecule has 0 fully saturated rings. The number of aryl methyl sites for hydroxylation is 1. The van der Waals surface area contributed by atoms with Gasteiger partial charge >= 0.3 is 5.97 Å². The van der Waals surface area contributed by atoms with E-state index in [1.54, 1.807) is 13.8 Å². The molecule has 0 saturated carbocycles. The number of Topliss-reactive ketones (excluding diaryl/α,β-unsaturated/α-hetero) is 1. The Morgan fingerprint density at radius 2 is 1.88 bits per heavy atom. The molecule has 0 amide bonds. The number of ether oxygens (including phenoxy) is 3. The van der Waals surface area contributed by atoms with Crippen LogP contribution in [-0.2, 0) is 4.74 Å². The van der Waals surface area contributed by atoms with E-state index >= 15 is 0 Å². The lowest BCUT2D eigenvalue weighted by Crippen LogP contribution is -2.16. The third kappa shape index (κ3) is 3.44. The SMILES string of the molecule is COC(=O)c1c(C)[nH]c(C(=O)[C@H](C)Sc2ccc3c(c2)OCCO3)c1C. The zero-order valence-corrected chi connectivity index (χ0v) is 16.0. The Balaban J connectivity index is 1.79. The minimum atomic E-state index is -0.442. The van der Waals surface area contributed by atoms with E-state index in [9.17, 15) is 9.59 Å². The normalized spacial score (nSPS) is 14.0. The van der Waals surface area contributed by atoms with Crippen molar-refractivity contribution in [1.82, 2.24) is 4.98 Å². The van der Waals surface area contributed by atoms with Crippen LogP contribution in [0.4, 0.5) is 0 Å². The van der Waals surface area contributed by atoms with Gasteiger partial charge in [-0.15, -0.1) is 11.8 Å². The zero-order chi connectivity index (χ0) is 18.8. The molecular formula is C19H21NO5S. The number of rotatable bonds is 5. The van der Waals surface area contributed by atoms with Crippen LogP contribution in [0.3, 0.4) is 0 Å². The second kappa shape index (κ2) is 7.45. The Bertz CT molecular complexity index is 858. The van der Waals surface area contributed by atoms with Gasteiger partial charge in [0.15, 0.2) is 17.3 Å². The van der Waals surface area contributed by atoms with Crippen LogP contribution >= 0.6 is 11.8 Å². The van der Waals surface area contributed by atoms with E-state index in [1.807, 2.05) is 25.1 Å². The third-order valence-corrected chi connectivity index (χ3v) is 5.36. The number of carbonyl (C=O) groups excluding carboxylic acids is 2. The lowest BCUT2D eigenvalue weighted by atomic mass is 10.1. The van der Waals surface area contributed by atoms with E-state index in [0.717, 1.165) is 10.6 Å². The van der Waals surface area contributed by atoms with Crippen molar-refractivity contribution in [3.05, 3.63) is 40.7 Å². The Morgan fingerprint density at radius 3 is 2.58 bits per heavy atom. The van der Waals surface area contributed by atoms with Gasteiger partial charge in [-0.25, -0.2) is 4.79 Å². The number of benzene rings is 1. The first-order valence-electron chi connectivity index (χ1n) is 8.30. The predicted octanol–water partition coefficient (Wildman–Crippen LogP) is 3.55. The molecule has 3 rings (SSSR count). The standard InChI is InChI=1S/C19H21NO5S/c1-10-16(19(22)23-4)11(2)20-17(10)18(21)12(3)26-13-5-6-14-15(9-13)25-8-7-24-14/h5-6,9,12,20H,7-8H2,1-4H3/t12-/m0/s1. The van der Waals surface area contributed by atoms with E-state index in [2.05, 4.69) is 4.98 Å². The van der Waals surface area contributed by atoms with Gasteiger partial charge in [0, 0.05) is 10.6 Å². The molecule has 1 atom stereocenters. The van der Waals surface area contributed by atoms with Gasteiger partial charge in [0.2, 0.25) is 0 Å². The van der Waals surface area contributed by atoms with Crippen LogP contribution < -0.4 is 9.47 Å². The minimum Gasteiger partial charge on any atom is -0.486 e. The fourth-order valence-electron chi connectivity index (χ4n) is 2.96. The summed E-state index contributed by atoms with van der Waals surface area (Å²) < 4.78 is 15.9. The molecule has 2 heterocycles. The van der Waals surface area contributed by atoms with Crippen LogP contribution in [0.2, 0.25) is 0 Å². The Kier molecular flexibility index (Phi) is 5.27. The van der Waals surface area contributed by atoms with Gasteiger partial charge in [-0.05, 0) is 44.5 Å². The highest BCUT2D eigenvalue weighted by Crippen LogP contribution is 2.36. The molecule has 0 unspecified atom stereocenters. The number of hydrogen-bond donors (Lipinski definition) is 1. The van der Waals surface area contributed by atoms with Gasteiger partial charge in [-0.2, -0.15) is 0 Å². The summed E-state index contributed by atoms with van der Waals surface area (Å²) >= 11 is 1.44. The topological polar surface area (TPSA) is 77.6 Å². The van der Waals surface area contributed by atoms with E-state index < -0.39 is 5.97 Å². The van der Waals surface area contributed by atoms with Crippen molar-refractivity contribution < 1.29 is 23.8 Å². The van der Waals surface area contributed by atoms with Crippen molar-refractivity contribution in [1.29, 1.82) is 0 Å². The molecule has 26 heavy (non-hydrogen) atoms. The molecule has 1 aromatic heterocycles. The second-order valence-electron chi connectivity index (χ2n) is 6.05. The van der Waals surface area contributed by atoms with Gasteiger partial charge in [0.05, 0.1) is 23.6 Å². The molecule has 0 saturated heterocycles. The Morgan fingerprint density at radius 1 is 1.19 bits per heavy atom. The predicted molar refractivity (Wildman–Crippen MR) is 98.7 cm³/mol. The summed E-state index contributed by atoms with van der Waals surface area (Å²) in [7, 11) is 1.33. The molecule has 0 spiro atoms. The molecule has 0 radical (unpaired) electrons. The largest absolute Gasteiger partial charge is 0.486 e. The molecule has 0 bridgehead atoms. The average molecular weight is 375 g/mol. The first kappa shape index (κ1) is 18.4. The van der Waals surface area contributed by atoms with Crippen LogP contribution in [0.25, 0.3) is 0 Å². The maximum Gasteiger partial charge on any atom is 0.339 e. The lowest BCUT2D eigenvalue weighted by molar-refractivity contribution is 0.0599. The number of methoxy groups -OCH3 is 1. The highest BCUT2D eigenvalue weighted by Gasteiger charge is 2.26. The van der Waals surface area contributed by atoms with Gasteiger partial charge < -0.3 is 19.2 Å². The maximum atomic E-state index is 12.9. The van der Waals surface area contributed by atoms with Crippen molar-refractivity contribution in [2.24, 2.45) is 0 Å². The summed E-state index contributed by atoms with van der Waals surface area (Å²) in [6, 6.07) is 5.65. The lowest BCUT2D eigenvalue weighted by Gasteiger charge is -2.19. The van der Waals surface area contributed by atoms with Crippen LogP contribution in [-0.4, -0.2) is 42.3 Å². The monoisotopic (exact) mass is 375 g/mol. The van der Waals surface area contributed by atoms with E-state index in [4.69, 9.17) is 14.2 Å².